The molecule has 12 heteroatoms. The number of carbonyl (C=O) groups excluding carboxylic acids is 1. The van der Waals surface area contributed by atoms with Crippen LogP contribution in [0.15, 0.2) is 58.2 Å². The summed E-state index contributed by atoms with van der Waals surface area (Å²) in [5.74, 6) is -1.71. The van der Waals surface area contributed by atoms with Crippen molar-refractivity contribution in [1.82, 2.24) is 9.88 Å². The second-order valence-electron chi connectivity index (χ2n) is 8.77. The Morgan fingerprint density at radius 3 is 2.45 bits per heavy atom. The summed E-state index contributed by atoms with van der Waals surface area (Å²) in [7, 11) is 0. The van der Waals surface area contributed by atoms with Crippen LogP contribution in [0.2, 0.25) is 5.02 Å². The summed E-state index contributed by atoms with van der Waals surface area (Å²) < 4.78 is 1.26. The molecule has 0 bridgehead atoms. The molecule has 0 saturated carbocycles. The number of aliphatic carboxylic acids is 1. The smallest absolute Gasteiger partial charge is 0.313 e. The minimum Gasteiger partial charge on any atom is -0.481 e. The number of hydrogen-bond donors (Lipinski definition) is 6. The summed E-state index contributed by atoms with van der Waals surface area (Å²) in [6.07, 6.45) is 0. The van der Waals surface area contributed by atoms with Crippen molar-refractivity contribution in [1.29, 1.82) is 5.41 Å². The molecule has 3 aromatic rings. The van der Waals surface area contributed by atoms with Gasteiger partial charge in [-0.2, -0.15) is 0 Å². The summed E-state index contributed by atoms with van der Waals surface area (Å²) >= 11 is 7.74. The molecule has 0 radical (unpaired) electrons. The van der Waals surface area contributed by atoms with Crippen LogP contribution in [0.25, 0.3) is 11.3 Å². The molecule has 200 valence electrons. The predicted octanol–water partition coefficient (Wildman–Crippen LogP) is 3.35. The number of amidine groups is 1. The van der Waals surface area contributed by atoms with E-state index in [1.165, 1.54) is 10.6 Å². The monoisotopic (exact) mass is 556 g/mol. The van der Waals surface area contributed by atoms with Crippen molar-refractivity contribution in [3.63, 3.8) is 0 Å². The molecule has 0 saturated heterocycles. The quantitative estimate of drug-likeness (QED) is 0.0901. The number of hydrogen-bond acceptors (Lipinski definition) is 7. The second kappa shape index (κ2) is 12.5. The van der Waals surface area contributed by atoms with Gasteiger partial charge in [0.2, 0.25) is 5.91 Å². The number of nitrogen functional groups attached to an aromatic ring is 2. The van der Waals surface area contributed by atoms with Gasteiger partial charge in [-0.25, -0.2) is 0 Å². The number of carboxylic acids is 1. The van der Waals surface area contributed by atoms with Gasteiger partial charge in [-0.05, 0) is 43.7 Å². The number of nitrogens with one attached hydrogen (secondary N) is 3. The third kappa shape index (κ3) is 7.30. The van der Waals surface area contributed by atoms with Crippen LogP contribution in [-0.4, -0.2) is 39.2 Å². The Bertz CT molecular complexity index is 1420. The SMILES string of the molecule is CC(C)Nc1cc(Cl)c(-c2cc(N)ccc2SCC(=O)O)n(CC(=O)NCc2ccc(C(=N)N)cc2)c1=O. The lowest BCUT2D eigenvalue weighted by Gasteiger charge is -2.20. The molecular formula is C26H29ClN6O4S. The number of rotatable bonds is 11. The summed E-state index contributed by atoms with van der Waals surface area (Å²) in [6, 6.07) is 13.2. The Hall–Kier alpha value is -3.96. The van der Waals surface area contributed by atoms with Gasteiger partial charge in [0.25, 0.3) is 5.56 Å². The Morgan fingerprint density at radius 2 is 1.84 bits per heavy atom. The normalized spacial score (nSPS) is 10.8. The molecule has 0 aliphatic heterocycles. The average Bonchev–Trinajstić information content (AvgIpc) is 2.85. The van der Waals surface area contributed by atoms with E-state index in [1.807, 2.05) is 13.8 Å². The molecule has 8 N–H and O–H groups in total. The molecule has 3 rings (SSSR count). The van der Waals surface area contributed by atoms with Crippen LogP contribution in [0.5, 0.6) is 0 Å². The number of aromatic nitrogens is 1. The van der Waals surface area contributed by atoms with Crippen molar-refractivity contribution in [3.05, 3.63) is 75.0 Å². The van der Waals surface area contributed by atoms with E-state index in [1.54, 1.807) is 42.5 Å². The Balaban J connectivity index is 2.01. The molecule has 0 aliphatic rings. The van der Waals surface area contributed by atoms with Gasteiger partial charge < -0.3 is 27.2 Å². The first-order valence-electron chi connectivity index (χ1n) is 11.6. The molecule has 0 fully saturated rings. The van der Waals surface area contributed by atoms with Gasteiger partial charge in [0.1, 0.15) is 18.1 Å². The van der Waals surface area contributed by atoms with Crippen molar-refractivity contribution in [2.24, 2.45) is 5.73 Å². The third-order valence-electron chi connectivity index (χ3n) is 5.35. The Morgan fingerprint density at radius 1 is 1.16 bits per heavy atom. The lowest BCUT2D eigenvalue weighted by Crippen LogP contribution is -2.34. The molecule has 1 amide bonds. The fourth-order valence-corrected chi connectivity index (χ4v) is 4.74. The first-order chi connectivity index (χ1) is 18.0. The first kappa shape index (κ1) is 28.6. The minimum atomic E-state index is -1.01. The summed E-state index contributed by atoms with van der Waals surface area (Å²) in [5, 5.41) is 22.7. The number of halogens is 1. The van der Waals surface area contributed by atoms with E-state index in [0.717, 1.165) is 17.3 Å². The van der Waals surface area contributed by atoms with Gasteiger partial charge in [0.15, 0.2) is 0 Å². The largest absolute Gasteiger partial charge is 0.481 e. The van der Waals surface area contributed by atoms with Crippen LogP contribution in [0.1, 0.15) is 25.0 Å². The molecule has 0 atom stereocenters. The van der Waals surface area contributed by atoms with Crippen LogP contribution in [0.4, 0.5) is 11.4 Å². The number of benzene rings is 2. The Kier molecular flexibility index (Phi) is 9.43. The summed E-state index contributed by atoms with van der Waals surface area (Å²) in [4.78, 5) is 38.3. The van der Waals surface area contributed by atoms with Crippen molar-refractivity contribution in [2.45, 2.75) is 37.9 Å². The van der Waals surface area contributed by atoms with Crippen molar-refractivity contribution < 1.29 is 14.7 Å². The van der Waals surface area contributed by atoms with Gasteiger partial charge >= 0.3 is 5.97 Å². The van der Waals surface area contributed by atoms with E-state index in [2.05, 4.69) is 10.6 Å². The molecule has 38 heavy (non-hydrogen) atoms. The van der Waals surface area contributed by atoms with Gasteiger partial charge in [-0.3, -0.25) is 24.4 Å². The van der Waals surface area contributed by atoms with Crippen molar-refractivity contribution in [2.75, 3.05) is 16.8 Å². The molecule has 2 aromatic carbocycles. The molecular weight excluding hydrogens is 528 g/mol. The zero-order chi connectivity index (χ0) is 28.0. The number of nitrogens with two attached hydrogens (primary N) is 2. The van der Waals surface area contributed by atoms with Crippen LogP contribution in [0, 0.1) is 5.41 Å². The summed E-state index contributed by atoms with van der Waals surface area (Å²) in [5.41, 5.74) is 13.7. The van der Waals surface area contributed by atoms with Crippen LogP contribution in [0.3, 0.4) is 0 Å². The van der Waals surface area contributed by atoms with E-state index in [-0.39, 0.29) is 47.1 Å². The van der Waals surface area contributed by atoms with Gasteiger partial charge in [-0.15, -0.1) is 11.8 Å². The van der Waals surface area contributed by atoms with E-state index in [9.17, 15) is 19.5 Å². The minimum absolute atomic E-state index is 0.0540. The van der Waals surface area contributed by atoms with Crippen LogP contribution >= 0.6 is 23.4 Å². The number of thioether (sulfide) groups is 1. The number of carbonyl (C=O) groups is 2. The zero-order valence-corrected chi connectivity index (χ0v) is 22.4. The highest BCUT2D eigenvalue weighted by Crippen LogP contribution is 2.37. The highest BCUT2D eigenvalue weighted by Gasteiger charge is 2.21. The second-order valence-corrected chi connectivity index (χ2v) is 10.2. The van der Waals surface area contributed by atoms with E-state index in [0.29, 0.717) is 21.7 Å². The molecule has 0 spiro atoms. The van der Waals surface area contributed by atoms with Gasteiger partial charge in [0, 0.05) is 34.3 Å². The topological polar surface area (TPSA) is 176 Å². The van der Waals surface area contributed by atoms with Crippen LogP contribution < -0.4 is 27.7 Å². The first-order valence-corrected chi connectivity index (χ1v) is 13.0. The highest BCUT2D eigenvalue weighted by atomic mass is 35.5. The van der Waals surface area contributed by atoms with Gasteiger partial charge in [-0.1, -0.05) is 35.9 Å². The number of carboxylic acid groups (broad SMARTS) is 1. The fourth-order valence-electron chi connectivity index (χ4n) is 3.67. The fraction of sp³-hybridized carbons (Fsp3) is 0.231. The number of amides is 1. The standard InChI is InChI=1S/C26H29ClN6O4S/c1-14(2)32-20-10-19(27)24(18-9-17(28)7-8-21(18)38-13-23(35)36)33(26(20)37)12-22(34)31-11-15-3-5-16(6-4-15)25(29)30/h3-10,14,32H,11-13,28H2,1-2H3,(H3,29,30)(H,31,34)(H,35,36). The van der Waals surface area contributed by atoms with E-state index < -0.39 is 17.4 Å². The van der Waals surface area contributed by atoms with Crippen molar-refractivity contribution >= 4 is 52.4 Å². The number of anilines is 2. The molecule has 1 heterocycles. The third-order valence-corrected chi connectivity index (χ3v) is 6.70. The average molecular weight is 557 g/mol. The summed E-state index contributed by atoms with van der Waals surface area (Å²) in [6.45, 7) is 3.59. The van der Waals surface area contributed by atoms with E-state index >= 15 is 0 Å². The number of nitrogens with zero attached hydrogens (tertiary/aromatic N) is 1. The maximum absolute atomic E-state index is 13.5. The van der Waals surface area contributed by atoms with Gasteiger partial charge in [0.05, 0.1) is 16.5 Å². The zero-order valence-electron chi connectivity index (χ0n) is 20.9. The lowest BCUT2D eigenvalue weighted by molar-refractivity contribution is -0.134. The maximum atomic E-state index is 13.5. The Labute approximate surface area is 228 Å². The number of pyridine rings is 1. The lowest BCUT2D eigenvalue weighted by atomic mass is 10.1. The van der Waals surface area contributed by atoms with Crippen molar-refractivity contribution in [3.8, 4) is 11.3 Å². The predicted molar refractivity (Wildman–Crippen MR) is 152 cm³/mol. The van der Waals surface area contributed by atoms with E-state index in [4.69, 9.17) is 28.5 Å². The van der Waals surface area contributed by atoms with Crippen LogP contribution in [-0.2, 0) is 22.7 Å². The molecule has 10 nitrogen and oxygen atoms in total. The molecule has 0 unspecified atom stereocenters. The molecule has 1 aromatic heterocycles. The highest BCUT2D eigenvalue weighted by molar-refractivity contribution is 8.00. The molecule has 0 aliphatic carbocycles. The maximum Gasteiger partial charge on any atom is 0.313 e.